The molecule has 1 nitrogen and oxygen atoms in total. The Kier molecular flexibility index (Phi) is 4.72. The lowest BCUT2D eigenvalue weighted by atomic mass is 9.72. The number of alkyl halides is 1. The molecule has 16 heavy (non-hydrogen) atoms. The molecule has 0 radical (unpaired) electrons. The van der Waals surface area contributed by atoms with E-state index < -0.39 is 0 Å². The van der Waals surface area contributed by atoms with Gasteiger partial charge in [-0.05, 0) is 49.4 Å². The van der Waals surface area contributed by atoms with Crippen LogP contribution in [0.1, 0.15) is 51.9 Å². The van der Waals surface area contributed by atoms with Gasteiger partial charge in [0.2, 0.25) is 0 Å². The molecule has 2 heteroatoms. The summed E-state index contributed by atoms with van der Waals surface area (Å²) in [6.45, 7) is 4.16. The summed E-state index contributed by atoms with van der Waals surface area (Å²) < 4.78 is 5.75. The SMILES string of the molecule is CCCCOCCC1(CBr)CC2CCC1C2. The van der Waals surface area contributed by atoms with E-state index in [4.69, 9.17) is 4.74 Å². The van der Waals surface area contributed by atoms with Gasteiger partial charge in [-0.15, -0.1) is 0 Å². The lowest BCUT2D eigenvalue weighted by Gasteiger charge is -2.36. The molecular formula is C14H25BrO. The van der Waals surface area contributed by atoms with Gasteiger partial charge in [-0.25, -0.2) is 0 Å². The van der Waals surface area contributed by atoms with Gasteiger partial charge in [0.05, 0.1) is 0 Å². The Morgan fingerprint density at radius 2 is 2.19 bits per heavy atom. The molecule has 2 rings (SSSR count). The minimum Gasteiger partial charge on any atom is -0.381 e. The van der Waals surface area contributed by atoms with E-state index in [0.717, 1.165) is 25.0 Å². The van der Waals surface area contributed by atoms with E-state index in [0.29, 0.717) is 5.41 Å². The highest BCUT2D eigenvalue weighted by molar-refractivity contribution is 9.09. The molecular weight excluding hydrogens is 264 g/mol. The summed E-state index contributed by atoms with van der Waals surface area (Å²) in [4.78, 5) is 0. The molecule has 3 atom stereocenters. The van der Waals surface area contributed by atoms with Gasteiger partial charge in [0.25, 0.3) is 0 Å². The van der Waals surface area contributed by atoms with Crippen molar-refractivity contribution >= 4 is 15.9 Å². The topological polar surface area (TPSA) is 9.23 Å². The molecule has 0 aromatic carbocycles. The van der Waals surface area contributed by atoms with Crippen molar-refractivity contribution in [1.82, 2.24) is 0 Å². The highest BCUT2D eigenvalue weighted by Crippen LogP contribution is 2.58. The Bertz CT molecular complexity index is 219. The number of hydrogen-bond acceptors (Lipinski definition) is 1. The predicted molar refractivity (Wildman–Crippen MR) is 72.0 cm³/mol. The van der Waals surface area contributed by atoms with E-state index in [2.05, 4.69) is 22.9 Å². The minimum absolute atomic E-state index is 0.592. The molecule has 2 fully saturated rings. The van der Waals surface area contributed by atoms with Crippen LogP contribution in [0.5, 0.6) is 0 Å². The maximum Gasteiger partial charge on any atom is 0.0471 e. The molecule has 0 amide bonds. The molecule has 2 aliphatic rings. The fraction of sp³-hybridized carbons (Fsp3) is 1.00. The van der Waals surface area contributed by atoms with Crippen molar-refractivity contribution in [2.24, 2.45) is 17.3 Å². The van der Waals surface area contributed by atoms with Crippen LogP contribution < -0.4 is 0 Å². The second kappa shape index (κ2) is 5.86. The van der Waals surface area contributed by atoms with Crippen molar-refractivity contribution in [2.45, 2.75) is 51.9 Å². The first-order valence-electron chi connectivity index (χ1n) is 6.94. The number of rotatable bonds is 7. The number of hydrogen-bond donors (Lipinski definition) is 0. The van der Waals surface area contributed by atoms with Gasteiger partial charge in [0, 0.05) is 18.5 Å². The second-order valence-electron chi connectivity index (χ2n) is 5.79. The minimum atomic E-state index is 0.592. The molecule has 0 aromatic rings. The fourth-order valence-corrected chi connectivity index (χ4v) is 4.69. The van der Waals surface area contributed by atoms with Crippen LogP contribution in [0, 0.1) is 17.3 Å². The van der Waals surface area contributed by atoms with Crippen LogP contribution in [0.25, 0.3) is 0 Å². The Morgan fingerprint density at radius 3 is 2.75 bits per heavy atom. The Labute approximate surface area is 108 Å². The van der Waals surface area contributed by atoms with Gasteiger partial charge >= 0.3 is 0 Å². The molecule has 0 heterocycles. The zero-order valence-electron chi connectivity index (χ0n) is 10.5. The molecule has 0 aliphatic heterocycles. The van der Waals surface area contributed by atoms with Crippen LogP contribution in [0.3, 0.4) is 0 Å². The zero-order valence-corrected chi connectivity index (χ0v) is 12.1. The Morgan fingerprint density at radius 1 is 1.31 bits per heavy atom. The van der Waals surface area contributed by atoms with Gasteiger partial charge in [-0.2, -0.15) is 0 Å². The summed E-state index contributed by atoms with van der Waals surface area (Å²) in [7, 11) is 0. The normalized spacial score (nSPS) is 37.1. The number of fused-ring (bicyclic) bond motifs is 2. The molecule has 0 saturated heterocycles. The first kappa shape index (κ1) is 12.9. The molecule has 3 unspecified atom stereocenters. The summed E-state index contributed by atoms with van der Waals surface area (Å²) in [5, 5.41) is 1.19. The molecule has 0 N–H and O–H groups in total. The van der Waals surface area contributed by atoms with E-state index in [1.54, 1.807) is 0 Å². The Hall–Kier alpha value is 0.440. The van der Waals surface area contributed by atoms with Crippen molar-refractivity contribution in [2.75, 3.05) is 18.5 Å². The van der Waals surface area contributed by atoms with Crippen LogP contribution in [-0.2, 0) is 4.74 Å². The largest absolute Gasteiger partial charge is 0.381 e. The van der Waals surface area contributed by atoms with Crippen molar-refractivity contribution in [3.05, 3.63) is 0 Å². The first-order chi connectivity index (χ1) is 7.80. The monoisotopic (exact) mass is 288 g/mol. The van der Waals surface area contributed by atoms with Gasteiger partial charge in [-0.1, -0.05) is 35.7 Å². The summed E-state index contributed by atoms with van der Waals surface area (Å²) in [6.07, 6.45) is 9.67. The summed E-state index contributed by atoms with van der Waals surface area (Å²) in [5.41, 5.74) is 0.592. The maximum atomic E-state index is 5.75. The summed E-state index contributed by atoms with van der Waals surface area (Å²) >= 11 is 3.76. The van der Waals surface area contributed by atoms with Crippen LogP contribution >= 0.6 is 15.9 Å². The third kappa shape index (κ3) is 2.64. The van der Waals surface area contributed by atoms with Crippen molar-refractivity contribution in [1.29, 1.82) is 0 Å². The van der Waals surface area contributed by atoms with Crippen molar-refractivity contribution < 1.29 is 4.74 Å². The van der Waals surface area contributed by atoms with Crippen molar-refractivity contribution in [3.63, 3.8) is 0 Å². The molecule has 94 valence electrons. The van der Waals surface area contributed by atoms with Gasteiger partial charge in [-0.3, -0.25) is 0 Å². The Balaban J connectivity index is 1.73. The summed E-state index contributed by atoms with van der Waals surface area (Å²) in [6, 6.07) is 0. The summed E-state index contributed by atoms with van der Waals surface area (Å²) in [5.74, 6) is 2.03. The highest BCUT2D eigenvalue weighted by atomic mass is 79.9. The molecule has 2 bridgehead atoms. The smallest absolute Gasteiger partial charge is 0.0471 e. The average molecular weight is 289 g/mol. The second-order valence-corrected chi connectivity index (χ2v) is 6.35. The number of unbranched alkanes of at least 4 members (excludes halogenated alkanes) is 1. The van der Waals surface area contributed by atoms with Crippen LogP contribution in [-0.4, -0.2) is 18.5 Å². The zero-order chi connectivity index (χ0) is 11.4. The standard InChI is InChI=1S/C14H25BrO/c1-2-3-7-16-8-6-14(11-15)10-12-4-5-13(14)9-12/h12-13H,2-11H2,1H3. The van der Waals surface area contributed by atoms with Crippen LogP contribution in [0.2, 0.25) is 0 Å². The van der Waals surface area contributed by atoms with E-state index in [9.17, 15) is 0 Å². The maximum absolute atomic E-state index is 5.75. The third-order valence-electron chi connectivity index (χ3n) is 4.76. The van der Waals surface area contributed by atoms with Crippen LogP contribution in [0.4, 0.5) is 0 Å². The van der Waals surface area contributed by atoms with E-state index in [-0.39, 0.29) is 0 Å². The van der Waals surface area contributed by atoms with Gasteiger partial charge in [0.1, 0.15) is 0 Å². The van der Waals surface area contributed by atoms with E-state index >= 15 is 0 Å². The molecule has 2 aliphatic carbocycles. The van der Waals surface area contributed by atoms with Gasteiger partial charge in [0.15, 0.2) is 0 Å². The van der Waals surface area contributed by atoms with Gasteiger partial charge < -0.3 is 4.74 Å². The highest BCUT2D eigenvalue weighted by Gasteiger charge is 2.49. The molecule has 2 saturated carbocycles. The van der Waals surface area contributed by atoms with Crippen LogP contribution in [0.15, 0.2) is 0 Å². The lowest BCUT2D eigenvalue weighted by molar-refractivity contribution is 0.0756. The number of ether oxygens (including phenoxy) is 1. The fourth-order valence-electron chi connectivity index (χ4n) is 3.72. The predicted octanol–water partition coefficient (Wildman–Crippen LogP) is 4.39. The quantitative estimate of drug-likeness (QED) is 0.499. The molecule has 0 spiro atoms. The average Bonchev–Trinajstić information content (AvgIpc) is 2.89. The van der Waals surface area contributed by atoms with Crippen molar-refractivity contribution in [3.8, 4) is 0 Å². The first-order valence-corrected chi connectivity index (χ1v) is 8.06. The third-order valence-corrected chi connectivity index (χ3v) is 5.87. The van der Waals surface area contributed by atoms with E-state index in [1.807, 2.05) is 0 Å². The van der Waals surface area contributed by atoms with E-state index in [1.165, 1.54) is 50.3 Å². The lowest BCUT2D eigenvalue weighted by Crippen LogP contribution is -2.31. The number of halogens is 1. The molecule has 0 aromatic heterocycles.